The highest BCUT2D eigenvalue weighted by molar-refractivity contribution is 7.80. The molecule has 7 heteroatoms. The van der Waals surface area contributed by atoms with Crippen molar-refractivity contribution in [3.63, 3.8) is 0 Å². The van der Waals surface area contributed by atoms with E-state index in [0.717, 1.165) is 40.5 Å². The number of nitrogens with zero attached hydrogens (tertiary/aromatic N) is 2. The van der Waals surface area contributed by atoms with Crippen molar-refractivity contribution in [3.05, 3.63) is 23.8 Å². The van der Waals surface area contributed by atoms with Gasteiger partial charge in [-0.2, -0.15) is 8.75 Å². The highest BCUT2D eigenvalue weighted by Crippen LogP contribution is 2.61. The zero-order chi connectivity index (χ0) is 18.6. The van der Waals surface area contributed by atoms with Crippen LogP contribution >= 0.6 is 23.9 Å². The predicted octanol–water partition coefficient (Wildman–Crippen LogP) is 3.90. The summed E-state index contributed by atoms with van der Waals surface area (Å²) < 4.78 is 8.37. The number of benzene rings is 1. The van der Waals surface area contributed by atoms with Crippen LogP contribution in [0.4, 0.5) is 0 Å². The number of carbonyl (C=O) groups excluding carboxylic acids is 1. The van der Waals surface area contributed by atoms with Gasteiger partial charge in [-0.05, 0) is 99.0 Å². The molecule has 1 heterocycles. The number of carbonyl (C=O) groups is 1. The van der Waals surface area contributed by atoms with Gasteiger partial charge in [0.15, 0.2) is 5.11 Å². The topological polar surface area (TPSA) is 66.9 Å². The fourth-order valence-corrected chi connectivity index (χ4v) is 6.98. The van der Waals surface area contributed by atoms with Gasteiger partial charge >= 0.3 is 0 Å². The molecule has 0 unspecified atom stereocenters. The number of hydrogen-bond donors (Lipinski definition) is 2. The van der Waals surface area contributed by atoms with Gasteiger partial charge in [-0.1, -0.05) is 0 Å². The van der Waals surface area contributed by atoms with E-state index in [-0.39, 0.29) is 5.91 Å². The van der Waals surface area contributed by atoms with Crippen molar-refractivity contribution in [1.29, 1.82) is 0 Å². The molecule has 27 heavy (non-hydrogen) atoms. The minimum atomic E-state index is -0.194. The number of fused-ring (bicyclic) bond motifs is 1. The predicted molar refractivity (Wildman–Crippen MR) is 111 cm³/mol. The number of amides is 1. The SMILES string of the molecule is C[C@H](NC(=S)NC(=O)c1ccc2nsnc2c1)C12CC3CC(CC(C3)C1)C2. The van der Waals surface area contributed by atoms with E-state index in [1.807, 2.05) is 6.07 Å². The largest absolute Gasteiger partial charge is 0.359 e. The minimum absolute atomic E-state index is 0.194. The number of hydrogen-bond acceptors (Lipinski definition) is 5. The fourth-order valence-electron chi connectivity index (χ4n) is 6.19. The van der Waals surface area contributed by atoms with Crippen molar-refractivity contribution in [2.45, 2.75) is 51.5 Å². The van der Waals surface area contributed by atoms with Crippen molar-refractivity contribution in [2.24, 2.45) is 23.2 Å². The first-order valence-corrected chi connectivity index (χ1v) is 11.0. The summed E-state index contributed by atoms with van der Waals surface area (Å²) in [5.74, 6) is 2.52. The van der Waals surface area contributed by atoms with E-state index in [1.165, 1.54) is 38.5 Å². The van der Waals surface area contributed by atoms with Crippen molar-refractivity contribution < 1.29 is 4.79 Å². The van der Waals surface area contributed by atoms with Crippen LogP contribution in [0.1, 0.15) is 55.8 Å². The van der Waals surface area contributed by atoms with Crippen molar-refractivity contribution in [2.75, 3.05) is 0 Å². The second-order valence-corrected chi connectivity index (χ2v) is 9.83. The smallest absolute Gasteiger partial charge is 0.257 e. The molecule has 1 aromatic carbocycles. The standard InChI is InChI=1S/C20H24N4OS2/c1-11(20-8-12-4-13(9-20)6-14(5-12)10-20)21-19(26)22-18(25)15-2-3-16-17(7-15)24-27-23-16/h2-3,7,11-14H,4-6,8-10H2,1H3,(H2,21,22,25,26)/t11-,12?,13?,14?,20?/m0/s1. The summed E-state index contributed by atoms with van der Waals surface area (Å²) in [5.41, 5.74) is 2.47. The molecule has 4 aliphatic carbocycles. The van der Waals surface area contributed by atoms with Crippen molar-refractivity contribution >= 4 is 46.0 Å². The van der Waals surface area contributed by atoms with Crippen LogP contribution < -0.4 is 10.6 Å². The number of aromatic nitrogens is 2. The van der Waals surface area contributed by atoms with Gasteiger partial charge in [0.25, 0.3) is 5.91 Å². The average molecular weight is 401 g/mol. The molecule has 4 aliphatic rings. The lowest BCUT2D eigenvalue weighted by molar-refractivity contribution is -0.0672. The zero-order valence-electron chi connectivity index (χ0n) is 15.4. The molecule has 0 aliphatic heterocycles. The van der Waals surface area contributed by atoms with Crippen LogP contribution in [0.5, 0.6) is 0 Å². The molecule has 4 bridgehead atoms. The van der Waals surface area contributed by atoms with Gasteiger partial charge in [-0.3, -0.25) is 10.1 Å². The first kappa shape index (κ1) is 17.5. The van der Waals surface area contributed by atoms with Gasteiger partial charge in [0, 0.05) is 11.6 Å². The maximum atomic E-state index is 12.6. The zero-order valence-corrected chi connectivity index (χ0v) is 17.0. The minimum Gasteiger partial charge on any atom is -0.359 e. The number of rotatable bonds is 3. The number of thiocarbonyl (C=S) groups is 1. The molecule has 1 aromatic heterocycles. The van der Waals surface area contributed by atoms with E-state index in [2.05, 4.69) is 26.3 Å². The molecule has 142 valence electrons. The van der Waals surface area contributed by atoms with E-state index >= 15 is 0 Å². The number of nitrogens with one attached hydrogen (secondary N) is 2. The monoisotopic (exact) mass is 400 g/mol. The third-order valence-electron chi connectivity index (χ3n) is 7.09. The maximum Gasteiger partial charge on any atom is 0.257 e. The fraction of sp³-hybridized carbons (Fsp3) is 0.600. The summed E-state index contributed by atoms with van der Waals surface area (Å²) in [4.78, 5) is 12.6. The molecular weight excluding hydrogens is 376 g/mol. The van der Waals surface area contributed by atoms with Crippen LogP contribution in [0.2, 0.25) is 0 Å². The molecule has 2 N–H and O–H groups in total. The van der Waals surface area contributed by atoms with Crippen LogP contribution in [0.25, 0.3) is 11.0 Å². The highest BCUT2D eigenvalue weighted by Gasteiger charge is 2.53. The van der Waals surface area contributed by atoms with Crippen molar-refractivity contribution in [1.82, 2.24) is 19.4 Å². The van der Waals surface area contributed by atoms with E-state index in [4.69, 9.17) is 12.2 Å². The first-order valence-electron chi connectivity index (χ1n) is 9.85. The second kappa shape index (κ2) is 6.48. The summed E-state index contributed by atoms with van der Waals surface area (Å²) in [6.07, 6.45) is 8.25. The van der Waals surface area contributed by atoms with Gasteiger partial charge in [-0.15, -0.1) is 0 Å². The van der Waals surface area contributed by atoms with Gasteiger partial charge in [0.1, 0.15) is 11.0 Å². The van der Waals surface area contributed by atoms with Crippen LogP contribution in [0, 0.1) is 23.2 Å². The molecular formula is C20H24N4OS2. The Morgan fingerprint density at radius 3 is 2.44 bits per heavy atom. The third-order valence-corrected chi connectivity index (χ3v) is 7.87. The lowest BCUT2D eigenvalue weighted by atomic mass is 9.48. The molecule has 0 saturated heterocycles. The highest BCUT2D eigenvalue weighted by atomic mass is 32.1. The Bertz CT molecular complexity index is 873. The Morgan fingerprint density at radius 1 is 1.15 bits per heavy atom. The van der Waals surface area contributed by atoms with Gasteiger partial charge in [-0.25, -0.2) is 0 Å². The second-order valence-electron chi connectivity index (χ2n) is 8.90. The quantitative estimate of drug-likeness (QED) is 0.765. The lowest BCUT2D eigenvalue weighted by Crippen LogP contribution is -2.57. The van der Waals surface area contributed by atoms with E-state index in [9.17, 15) is 4.79 Å². The average Bonchev–Trinajstić information content (AvgIpc) is 3.08. The molecule has 1 amide bonds. The van der Waals surface area contributed by atoms with Gasteiger partial charge < -0.3 is 5.32 Å². The Kier molecular flexibility index (Phi) is 4.20. The Balaban J connectivity index is 1.24. The Hall–Kier alpha value is -1.60. The molecule has 4 fully saturated rings. The molecule has 5 nitrogen and oxygen atoms in total. The summed E-state index contributed by atoms with van der Waals surface area (Å²) in [6.45, 7) is 2.25. The molecule has 2 aromatic rings. The van der Waals surface area contributed by atoms with Crippen LogP contribution in [-0.2, 0) is 0 Å². The molecule has 6 rings (SSSR count). The van der Waals surface area contributed by atoms with E-state index in [0.29, 0.717) is 22.1 Å². The normalized spacial score (nSPS) is 32.4. The summed E-state index contributed by atoms with van der Waals surface area (Å²) in [5, 5.41) is 6.73. The molecule has 1 atom stereocenters. The molecule has 0 radical (unpaired) electrons. The van der Waals surface area contributed by atoms with E-state index < -0.39 is 0 Å². The van der Waals surface area contributed by atoms with Gasteiger partial charge in [0.2, 0.25) is 0 Å². The van der Waals surface area contributed by atoms with Gasteiger partial charge in [0.05, 0.1) is 11.7 Å². The van der Waals surface area contributed by atoms with Crippen LogP contribution in [-0.4, -0.2) is 25.8 Å². The summed E-state index contributed by atoms with van der Waals surface area (Å²) in [7, 11) is 0. The Labute approximate surface area is 168 Å². The lowest BCUT2D eigenvalue weighted by Gasteiger charge is -2.59. The Morgan fingerprint density at radius 2 is 1.78 bits per heavy atom. The van der Waals surface area contributed by atoms with E-state index in [1.54, 1.807) is 12.1 Å². The summed E-state index contributed by atoms with van der Waals surface area (Å²) >= 11 is 6.62. The maximum absolute atomic E-state index is 12.6. The summed E-state index contributed by atoms with van der Waals surface area (Å²) in [6, 6.07) is 5.65. The van der Waals surface area contributed by atoms with Crippen LogP contribution in [0.15, 0.2) is 18.2 Å². The van der Waals surface area contributed by atoms with Crippen LogP contribution in [0.3, 0.4) is 0 Å². The first-order chi connectivity index (χ1) is 13.0. The molecule has 0 spiro atoms. The van der Waals surface area contributed by atoms with Crippen molar-refractivity contribution in [3.8, 4) is 0 Å². The third kappa shape index (κ3) is 3.14. The molecule has 4 saturated carbocycles.